The van der Waals surface area contributed by atoms with Crippen molar-refractivity contribution in [2.24, 2.45) is 0 Å². The van der Waals surface area contributed by atoms with Crippen LogP contribution in [0.1, 0.15) is 156 Å². The predicted molar refractivity (Wildman–Crippen MR) is 140 cm³/mol. The molecule has 0 N–H and O–H groups in total. The maximum Gasteiger partial charge on any atom is 0.101 e. The van der Waals surface area contributed by atoms with Gasteiger partial charge in [0.2, 0.25) is 0 Å². The second-order valence-electron chi connectivity index (χ2n) is 10.1. The van der Waals surface area contributed by atoms with Crippen LogP contribution in [0.4, 0.5) is 0 Å². The molecule has 0 aromatic carbocycles. The largest absolute Gasteiger partial charge is 0.356 e. The SMILES string of the molecule is CCCCCCCCCCCCCCCCCN1C=CN(CCCC)C1CCCCC. The van der Waals surface area contributed by atoms with Crippen molar-refractivity contribution >= 4 is 0 Å². The van der Waals surface area contributed by atoms with Crippen molar-refractivity contribution in [1.29, 1.82) is 0 Å². The van der Waals surface area contributed by atoms with Gasteiger partial charge in [-0.2, -0.15) is 0 Å². The third-order valence-corrected chi connectivity index (χ3v) is 7.07. The molecule has 0 saturated carbocycles. The monoisotopic (exact) mass is 434 g/mol. The molecule has 0 spiro atoms. The van der Waals surface area contributed by atoms with Gasteiger partial charge in [-0.15, -0.1) is 0 Å². The van der Waals surface area contributed by atoms with Crippen molar-refractivity contribution in [3.8, 4) is 0 Å². The second kappa shape index (κ2) is 21.2. The maximum atomic E-state index is 2.65. The first-order valence-corrected chi connectivity index (χ1v) is 14.5. The van der Waals surface area contributed by atoms with Crippen LogP contribution < -0.4 is 0 Å². The standard InChI is InChI=1S/C29H58N2/c1-4-7-10-11-12-13-14-15-16-17-18-19-20-21-23-26-31-28-27-30(25-9-6-3)29(31)24-22-8-5-2/h27-29H,4-26H2,1-3H3. The fraction of sp³-hybridized carbons (Fsp3) is 0.931. The number of hydrogen-bond donors (Lipinski definition) is 0. The first-order chi connectivity index (χ1) is 15.3. The third kappa shape index (κ3) is 14.9. The van der Waals surface area contributed by atoms with E-state index in [0.29, 0.717) is 6.17 Å². The van der Waals surface area contributed by atoms with Gasteiger partial charge in [0.1, 0.15) is 6.17 Å². The summed E-state index contributed by atoms with van der Waals surface area (Å²) in [5.74, 6) is 0. The predicted octanol–water partition coefficient (Wildman–Crippen LogP) is 9.65. The minimum atomic E-state index is 0.643. The first-order valence-electron chi connectivity index (χ1n) is 14.5. The van der Waals surface area contributed by atoms with Gasteiger partial charge in [-0.05, 0) is 25.7 Å². The minimum absolute atomic E-state index is 0.643. The Bertz CT molecular complexity index is 392. The molecule has 2 heteroatoms. The van der Waals surface area contributed by atoms with Crippen LogP contribution in [0.15, 0.2) is 12.4 Å². The van der Waals surface area contributed by atoms with E-state index in [2.05, 4.69) is 43.0 Å². The van der Waals surface area contributed by atoms with Crippen molar-refractivity contribution in [2.45, 2.75) is 162 Å². The van der Waals surface area contributed by atoms with E-state index in [1.807, 2.05) is 0 Å². The summed E-state index contributed by atoms with van der Waals surface area (Å²) in [5.41, 5.74) is 0. The first kappa shape index (κ1) is 28.4. The topological polar surface area (TPSA) is 6.48 Å². The van der Waals surface area contributed by atoms with Crippen LogP contribution in [0, 0.1) is 0 Å². The van der Waals surface area contributed by atoms with Crippen molar-refractivity contribution in [2.75, 3.05) is 13.1 Å². The van der Waals surface area contributed by atoms with Gasteiger partial charge in [0, 0.05) is 25.5 Å². The fourth-order valence-electron chi connectivity index (χ4n) is 4.92. The maximum absolute atomic E-state index is 2.65. The lowest BCUT2D eigenvalue weighted by molar-refractivity contribution is 0.136. The normalized spacial score (nSPS) is 16.0. The molecule has 0 radical (unpaired) electrons. The smallest absolute Gasteiger partial charge is 0.101 e. The van der Waals surface area contributed by atoms with Gasteiger partial charge >= 0.3 is 0 Å². The molecule has 1 aliphatic rings. The van der Waals surface area contributed by atoms with Crippen LogP contribution in [0.2, 0.25) is 0 Å². The molecule has 0 amide bonds. The Balaban J connectivity index is 1.98. The average Bonchev–Trinajstić information content (AvgIpc) is 3.16. The molecule has 184 valence electrons. The summed E-state index contributed by atoms with van der Waals surface area (Å²) in [6.07, 6.45) is 35.2. The molecule has 0 aliphatic carbocycles. The number of rotatable bonds is 23. The van der Waals surface area contributed by atoms with E-state index >= 15 is 0 Å². The molecule has 0 aromatic heterocycles. The molecule has 0 fully saturated rings. The zero-order valence-electron chi connectivity index (χ0n) is 21.9. The molecule has 2 nitrogen and oxygen atoms in total. The summed E-state index contributed by atoms with van der Waals surface area (Å²) >= 11 is 0. The van der Waals surface area contributed by atoms with E-state index in [1.165, 1.54) is 148 Å². The average molecular weight is 435 g/mol. The van der Waals surface area contributed by atoms with Gasteiger partial charge in [-0.3, -0.25) is 0 Å². The second-order valence-corrected chi connectivity index (χ2v) is 10.1. The molecule has 1 unspecified atom stereocenters. The van der Waals surface area contributed by atoms with E-state index in [0.717, 1.165) is 0 Å². The highest BCUT2D eigenvalue weighted by Gasteiger charge is 2.24. The Morgan fingerprint density at radius 1 is 0.419 bits per heavy atom. The van der Waals surface area contributed by atoms with Crippen molar-refractivity contribution in [1.82, 2.24) is 9.80 Å². The molecule has 1 rings (SSSR count). The van der Waals surface area contributed by atoms with Crippen LogP contribution in [0.5, 0.6) is 0 Å². The summed E-state index contributed by atoms with van der Waals surface area (Å²) in [4.78, 5) is 5.26. The van der Waals surface area contributed by atoms with Gasteiger partial charge in [0.25, 0.3) is 0 Å². The summed E-state index contributed by atoms with van der Waals surface area (Å²) in [6.45, 7) is 9.42. The van der Waals surface area contributed by atoms with Crippen LogP contribution in [-0.2, 0) is 0 Å². The fourth-order valence-corrected chi connectivity index (χ4v) is 4.92. The lowest BCUT2D eigenvalue weighted by Crippen LogP contribution is -2.39. The molecule has 0 bridgehead atoms. The molecule has 31 heavy (non-hydrogen) atoms. The van der Waals surface area contributed by atoms with Gasteiger partial charge in [-0.25, -0.2) is 0 Å². The van der Waals surface area contributed by atoms with Crippen LogP contribution in [0.3, 0.4) is 0 Å². The van der Waals surface area contributed by atoms with Crippen LogP contribution >= 0.6 is 0 Å². The highest BCUT2D eigenvalue weighted by atomic mass is 15.4. The van der Waals surface area contributed by atoms with Crippen molar-refractivity contribution < 1.29 is 0 Å². The van der Waals surface area contributed by atoms with E-state index in [1.54, 1.807) is 0 Å². The number of hydrogen-bond acceptors (Lipinski definition) is 2. The van der Waals surface area contributed by atoms with Gasteiger partial charge in [-0.1, -0.05) is 130 Å². The van der Waals surface area contributed by atoms with Gasteiger partial charge in [0.15, 0.2) is 0 Å². The Labute approximate surface area is 197 Å². The minimum Gasteiger partial charge on any atom is -0.356 e. The quantitative estimate of drug-likeness (QED) is 0.148. The molecule has 0 saturated heterocycles. The summed E-state index contributed by atoms with van der Waals surface area (Å²) in [6, 6.07) is 0. The Hall–Kier alpha value is -0.660. The highest BCUT2D eigenvalue weighted by molar-refractivity contribution is 4.96. The lowest BCUT2D eigenvalue weighted by atomic mass is 10.0. The highest BCUT2D eigenvalue weighted by Crippen LogP contribution is 2.23. The molecule has 1 atom stereocenters. The molecule has 1 aliphatic heterocycles. The van der Waals surface area contributed by atoms with Crippen molar-refractivity contribution in [3.05, 3.63) is 12.4 Å². The van der Waals surface area contributed by atoms with Gasteiger partial charge in [0.05, 0.1) is 0 Å². The van der Waals surface area contributed by atoms with E-state index in [4.69, 9.17) is 0 Å². The zero-order chi connectivity index (χ0) is 22.4. The summed E-state index contributed by atoms with van der Waals surface area (Å²) in [7, 11) is 0. The molecular weight excluding hydrogens is 376 g/mol. The summed E-state index contributed by atoms with van der Waals surface area (Å²) in [5, 5.41) is 0. The Morgan fingerprint density at radius 3 is 1.23 bits per heavy atom. The molecule has 0 aromatic rings. The number of unbranched alkanes of at least 4 members (excludes halogenated alkanes) is 17. The van der Waals surface area contributed by atoms with Crippen LogP contribution in [0.25, 0.3) is 0 Å². The Morgan fingerprint density at radius 2 is 0.774 bits per heavy atom. The third-order valence-electron chi connectivity index (χ3n) is 7.07. The lowest BCUT2D eigenvalue weighted by Gasteiger charge is -2.33. The van der Waals surface area contributed by atoms with E-state index in [-0.39, 0.29) is 0 Å². The summed E-state index contributed by atoms with van der Waals surface area (Å²) < 4.78 is 0. The van der Waals surface area contributed by atoms with Crippen LogP contribution in [-0.4, -0.2) is 29.1 Å². The zero-order valence-corrected chi connectivity index (χ0v) is 21.9. The Kier molecular flexibility index (Phi) is 19.4. The number of nitrogens with zero attached hydrogens (tertiary/aromatic N) is 2. The van der Waals surface area contributed by atoms with E-state index < -0.39 is 0 Å². The van der Waals surface area contributed by atoms with Gasteiger partial charge < -0.3 is 9.80 Å². The molecule has 1 heterocycles. The van der Waals surface area contributed by atoms with Crippen molar-refractivity contribution in [3.63, 3.8) is 0 Å². The molecular formula is C29H58N2. The van der Waals surface area contributed by atoms with E-state index in [9.17, 15) is 0 Å².